The number of alkyl halides is 1. The number of nitrogens with zero attached hydrogens (tertiary/aromatic N) is 22. The van der Waals surface area contributed by atoms with Gasteiger partial charge in [-0.1, -0.05) is 20.9 Å². The normalized spacial score (nSPS) is 37.9. The number of rotatable bonds is 6. The largest absolute Gasteiger partial charge is 0.397 e. The molecule has 0 radical (unpaired) electrons. The first-order valence-electron chi connectivity index (χ1n) is 39.4. The number of imidazole rings is 2. The van der Waals surface area contributed by atoms with Crippen LogP contribution in [-0.2, 0) is 163 Å². The average molecular weight is 2100 g/mol. The van der Waals surface area contributed by atoms with Gasteiger partial charge in [0.05, 0.1) is 101 Å². The Morgan fingerprint density at radius 1 is 0.381 bits per heavy atom. The number of hydrogen-bond acceptors (Lipinski definition) is 51. The van der Waals surface area contributed by atoms with Gasteiger partial charge in [-0.05, 0) is 89.0 Å². The van der Waals surface area contributed by atoms with Crippen LogP contribution in [0.5, 0.6) is 0 Å². The summed E-state index contributed by atoms with van der Waals surface area (Å²) >= 11 is 32.0. The van der Waals surface area contributed by atoms with Crippen LogP contribution < -0.4 is 51.1 Å². The molecule has 21 N–H and O–H groups in total. The molecule has 134 heavy (non-hydrogen) atoms. The van der Waals surface area contributed by atoms with Crippen molar-refractivity contribution >= 4 is 213 Å². The highest BCUT2D eigenvalue weighted by Crippen LogP contribution is 2.62. The maximum atomic E-state index is 16.0. The number of nitrogen functional groups attached to an aromatic ring is 6. The van der Waals surface area contributed by atoms with Gasteiger partial charge >= 0.3 is 40.3 Å². The molecule has 27 atom stereocenters. The molecule has 11 fully saturated rings. The number of H-pyrrole nitrogens is 3. The molecule has 23 rings (SSSR count). The molecule has 10 bridgehead atoms. The highest BCUT2D eigenvalue weighted by Gasteiger charge is 2.68. The van der Waals surface area contributed by atoms with Crippen LogP contribution in [0.15, 0.2) is 63.8 Å². The quantitative estimate of drug-likeness (QED) is 0.0797. The molecule has 0 saturated carbocycles. The Kier molecular flexibility index (Phi) is 23.9. The fourth-order valence-electron chi connectivity index (χ4n) is 16.9. The van der Waals surface area contributed by atoms with Crippen LogP contribution in [0.25, 0.3) is 67.0 Å². The lowest BCUT2D eigenvalue weighted by atomic mass is 10.0. The summed E-state index contributed by atoms with van der Waals surface area (Å²) < 4.78 is 142. The summed E-state index contributed by atoms with van der Waals surface area (Å²) in [5, 5.41) is 31.4. The van der Waals surface area contributed by atoms with Crippen LogP contribution in [0.3, 0.4) is 0 Å². The lowest BCUT2D eigenvalue weighted by Gasteiger charge is -2.33. The topological polar surface area (TPSA) is 796 Å². The number of anilines is 6. The summed E-state index contributed by atoms with van der Waals surface area (Å²) in [6, 6.07) is 4.74. The number of ether oxygens (including phenoxy) is 8. The Morgan fingerprint density at radius 3 is 1.13 bits per heavy atom. The minimum atomic E-state index is -4.15. The zero-order chi connectivity index (χ0) is 93.6. The average Bonchev–Trinajstić information content (AvgIpc) is 1.56. The van der Waals surface area contributed by atoms with Gasteiger partial charge in [-0.3, -0.25) is 52.0 Å². The molecule has 0 amide bonds. The van der Waals surface area contributed by atoms with Gasteiger partial charge in [0.25, 0.3) is 16.7 Å². The summed E-state index contributed by atoms with van der Waals surface area (Å²) in [5.74, 6) is -0.553. The molecular weight excluding hydrogens is 2030 g/mol. The summed E-state index contributed by atoms with van der Waals surface area (Å²) in [4.78, 5) is 145. The molecule has 0 aliphatic carbocycles. The van der Waals surface area contributed by atoms with E-state index in [2.05, 4.69) is 96.1 Å². The first-order chi connectivity index (χ1) is 63.7. The molecule has 11 saturated heterocycles. The molecule has 11 aliphatic rings. The van der Waals surface area contributed by atoms with Crippen molar-refractivity contribution in [2.75, 3.05) is 87.3 Å². The van der Waals surface area contributed by atoms with E-state index >= 15 is 4.39 Å². The van der Waals surface area contributed by atoms with Gasteiger partial charge in [0.1, 0.15) is 77.2 Å². The zero-order valence-corrected chi connectivity index (χ0v) is 77.5. The first kappa shape index (κ1) is 92.6. The van der Waals surface area contributed by atoms with Crippen molar-refractivity contribution < 1.29 is 126 Å². The number of hydrogen-bond donors (Lipinski definition) is 15. The molecule has 0 aromatic carbocycles. The van der Waals surface area contributed by atoms with E-state index in [1.165, 1.54) is 46.7 Å². The van der Waals surface area contributed by atoms with E-state index in [4.69, 9.17) is 197 Å². The minimum absolute atomic E-state index is 0.00449. The van der Waals surface area contributed by atoms with E-state index in [0.29, 0.717) is 33.7 Å². The van der Waals surface area contributed by atoms with Crippen molar-refractivity contribution in [3.63, 3.8) is 0 Å². The fraction of sp³-hybridized carbons (Fsp3) is 0.525. The van der Waals surface area contributed by atoms with Gasteiger partial charge in [0.15, 0.2) is 99.5 Å². The molecule has 716 valence electrons. The number of aromatic amines is 3. The Morgan fingerprint density at radius 2 is 0.724 bits per heavy atom. The van der Waals surface area contributed by atoms with E-state index in [9.17, 15) is 43.7 Å². The Bertz CT molecular complexity index is 6940. The Hall–Kier alpha value is -7.78. The maximum absolute atomic E-state index is 16.0. The predicted octanol–water partition coefficient (Wildman–Crippen LogP) is -2.05. The molecule has 73 heteroatoms. The number of halogens is 1. The van der Waals surface area contributed by atoms with Crippen LogP contribution in [0, 0.1) is 0 Å². The number of fused-ring (bicyclic) bond motifs is 13. The highest BCUT2D eigenvalue weighted by atomic mass is 32.5. The molecule has 0 spiro atoms. The van der Waals surface area contributed by atoms with Crippen molar-refractivity contribution in [1.29, 1.82) is 0 Å². The number of nitrogens with one attached hydrogen (secondary N) is 3. The van der Waals surface area contributed by atoms with Crippen LogP contribution in [0.4, 0.5) is 39.3 Å². The van der Waals surface area contributed by atoms with Gasteiger partial charge < -0.3 is 142 Å². The number of aromatic nitrogens is 25. The lowest BCUT2D eigenvalue weighted by Crippen LogP contribution is -2.45. The van der Waals surface area contributed by atoms with Gasteiger partial charge in [-0.15, -0.1) is 20.4 Å². The number of pyridine rings is 3. The molecule has 60 nitrogen and oxygen atoms in total. The van der Waals surface area contributed by atoms with Crippen LogP contribution in [-0.4, -0.2) is 297 Å². The molecular formula is C61H70FN31O29P6S6. The number of nitrogens with two attached hydrogens (primary N) is 6. The predicted molar refractivity (Wildman–Crippen MR) is 468 cm³/mol. The van der Waals surface area contributed by atoms with E-state index in [0.717, 1.165) is 9.36 Å². The third-order valence-electron chi connectivity index (χ3n) is 22.8. The van der Waals surface area contributed by atoms with E-state index in [1.54, 1.807) is 21.3 Å². The summed E-state index contributed by atoms with van der Waals surface area (Å²) in [5.41, 5.74) is 33.4. The van der Waals surface area contributed by atoms with Crippen molar-refractivity contribution in [2.45, 2.75) is 147 Å². The summed E-state index contributed by atoms with van der Waals surface area (Å²) in [7, 11) is 0. The monoisotopic (exact) mass is 2100 g/mol. The SMILES string of the molecule is Nc1nc2c(nnn2[C@@H]2O[C@@H]3COP(O)(=S)O[C@H]4[C@H](F)[C@H](n5nnc6c(N)ccnc65)O[C@@H]4COP(O)(=S)O[C@@H]2C3)c(=O)[nH]1.Nc1nc2c(nnn2[C@@H]2O[C@@H]3COP(O)(=S)O[C@H]4[C@H]5OC[C@]4(COP(O)(=S)O[C@@H]2C3)O[C@H]5n2cnc3c(N)ccnc32)c(=O)[nH]1.Nc1nc2c(nnn2[C@@H]2O[C@@H]3COP(O)(=S)O[C@H]4[C@H]5OC[C@]4(COP(O)(=S)O[C@@H]2C3)O[C@H]5n2cnc3c(N)ccnc32)c(=O)[nH]1. The van der Waals surface area contributed by atoms with Crippen molar-refractivity contribution in [3.05, 3.63) is 80.5 Å². The summed E-state index contributed by atoms with van der Waals surface area (Å²) in [6.07, 6.45) is -12.9. The third kappa shape index (κ3) is 17.3. The second kappa shape index (κ2) is 34.6. The Labute approximate surface area is 773 Å². The fourth-order valence-corrected chi connectivity index (χ4v) is 25.7. The van der Waals surface area contributed by atoms with Gasteiger partial charge in [-0.25, -0.2) is 29.3 Å². The standard InChI is InChI=1S/2C21H24N10O10P2S2.C19H22FN11O9P2S2/c2*22-9-1-2-24-15-11(9)25-7-30(15)19-13-14-21(39-19,5-35-13)6-37-43(34,45)40-10-3-8(4-36-42(33,44)41-14)38-18(10)31-16-12(28-29-31)17(32)27-20(23)26-16;20-10-13-9(38-18(10)30-14-11(26-28-30)7(21)1-2-23-14)5-36-41(33,43)39-8-3-6(4-35-42(34,44)40-13)37-17(8)31-15-12(27-29-31)16(32)25-19(22)24-15/h2*1-2,7-8,10,13-14,18-19H,3-6H2,(H2,22,24)(H,33,44)(H,34,45)(H3,23,26,27,32);1-2,6,8-10,13,17-18H,3-5H2,(H2,21,23)(H,33,43)(H,34,44)(H3,22,24,25,32)/t2*8-,10+,13+,14-,18+,19+,21+,42?,43?;6-,8+,9+,10-,13+,17+,18+,41?,42?/m000/s1. The second-order valence-corrected chi connectivity index (χ2v) is 48.2. The highest BCUT2D eigenvalue weighted by molar-refractivity contribution is 8.08. The molecule has 11 aliphatic heterocycles. The third-order valence-corrected chi connectivity index (χ3v) is 32.1. The first-order valence-corrected chi connectivity index (χ1v) is 55.0. The van der Waals surface area contributed by atoms with Crippen molar-refractivity contribution in [3.8, 4) is 0 Å². The molecule has 12 aromatic rings. The van der Waals surface area contributed by atoms with E-state index in [1.807, 2.05) is 0 Å². The van der Waals surface area contributed by atoms with Gasteiger partial charge in [-0.2, -0.15) is 33.7 Å². The van der Waals surface area contributed by atoms with E-state index < -0.39 is 192 Å². The Balaban J connectivity index is 0.000000121. The van der Waals surface area contributed by atoms with E-state index in [-0.39, 0.29) is 134 Å². The van der Waals surface area contributed by atoms with Gasteiger partial charge in [0.2, 0.25) is 17.8 Å². The van der Waals surface area contributed by atoms with Crippen molar-refractivity contribution in [1.82, 2.24) is 124 Å². The van der Waals surface area contributed by atoms with Gasteiger partial charge in [0, 0.05) is 37.9 Å². The van der Waals surface area contributed by atoms with Crippen LogP contribution in [0.1, 0.15) is 56.6 Å². The smallest absolute Gasteiger partial charge is 0.325 e. The maximum Gasteiger partial charge on any atom is 0.325 e. The second-order valence-electron chi connectivity index (χ2n) is 31.5. The molecule has 6 unspecified atom stereocenters. The van der Waals surface area contributed by atoms with Crippen LogP contribution in [0.2, 0.25) is 0 Å². The molecule has 12 aromatic heterocycles. The summed E-state index contributed by atoms with van der Waals surface area (Å²) in [6.45, 7) is -26.6. The van der Waals surface area contributed by atoms with Crippen LogP contribution >= 0.6 is 40.3 Å². The minimum Gasteiger partial charge on any atom is -0.397 e. The zero-order valence-electron chi connectivity index (χ0n) is 67.3. The van der Waals surface area contributed by atoms with Crippen molar-refractivity contribution in [2.24, 2.45) is 0 Å². The molecule has 23 heterocycles. The lowest BCUT2D eigenvalue weighted by molar-refractivity contribution is -0.183.